The number of esters is 1. The molecule has 0 radical (unpaired) electrons. The Morgan fingerprint density at radius 1 is 1.57 bits per heavy atom. The largest absolute Gasteiger partial charge is 0.469 e. The highest BCUT2D eigenvalue weighted by atomic mass is 16.5. The molecule has 1 rings (SSSR count). The molecule has 1 aromatic rings. The molecule has 0 aliphatic carbocycles. The topological polar surface area (TPSA) is 64.3 Å². The van der Waals surface area contributed by atoms with Crippen molar-refractivity contribution in [3.63, 3.8) is 0 Å². The number of benzene rings is 1. The number of hydrogen-bond acceptors (Lipinski definition) is 4. The molecule has 0 saturated carbocycles. The second-order valence-electron chi connectivity index (χ2n) is 3.05. The van der Waals surface area contributed by atoms with Gasteiger partial charge in [-0.1, -0.05) is 12.1 Å². The first-order valence-corrected chi connectivity index (χ1v) is 4.30. The average Bonchev–Trinajstić information content (AvgIpc) is 2.20. The first-order chi connectivity index (χ1) is 6.67. The van der Waals surface area contributed by atoms with Crippen LogP contribution >= 0.6 is 0 Å². The zero-order valence-corrected chi connectivity index (χ0v) is 8.33. The number of hydrogen-bond donors (Lipinski definition) is 2. The van der Waals surface area contributed by atoms with Gasteiger partial charge in [0.15, 0.2) is 0 Å². The monoisotopic (exact) mass is 194 g/mol. The van der Waals surface area contributed by atoms with Crippen molar-refractivity contribution in [1.29, 1.82) is 0 Å². The lowest BCUT2D eigenvalue weighted by Gasteiger charge is -2.07. The van der Waals surface area contributed by atoms with Crippen molar-refractivity contribution >= 4 is 11.7 Å². The highest BCUT2D eigenvalue weighted by molar-refractivity contribution is 5.73. The summed E-state index contributed by atoms with van der Waals surface area (Å²) in [5, 5.41) is 0. The van der Waals surface area contributed by atoms with Crippen molar-refractivity contribution in [2.45, 2.75) is 13.3 Å². The van der Waals surface area contributed by atoms with E-state index < -0.39 is 0 Å². The Hall–Kier alpha value is -1.55. The molecule has 76 valence electrons. The average molecular weight is 194 g/mol. The molecule has 0 aliphatic heterocycles. The van der Waals surface area contributed by atoms with Gasteiger partial charge in [0.05, 0.1) is 19.2 Å². The Bertz CT molecular complexity index is 337. The highest BCUT2D eigenvalue weighted by Crippen LogP contribution is 2.15. The minimum Gasteiger partial charge on any atom is -0.469 e. The number of carbonyl (C=O) groups excluding carboxylic acids is 1. The summed E-state index contributed by atoms with van der Waals surface area (Å²) in [5.41, 5.74) is 5.33. The summed E-state index contributed by atoms with van der Waals surface area (Å²) in [7, 11) is 1.37. The van der Waals surface area contributed by atoms with Crippen LogP contribution in [0, 0.1) is 6.92 Å². The molecule has 0 atom stereocenters. The van der Waals surface area contributed by atoms with Gasteiger partial charge in [0, 0.05) is 0 Å². The summed E-state index contributed by atoms with van der Waals surface area (Å²) >= 11 is 0. The summed E-state index contributed by atoms with van der Waals surface area (Å²) in [4.78, 5) is 11.0. The molecule has 0 aliphatic rings. The van der Waals surface area contributed by atoms with Crippen molar-refractivity contribution in [2.24, 2.45) is 5.84 Å². The number of aryl methyl sites for hydroxylation is 1. The van der Waals surface area contributed by atoms with E-state index in [-0.39, 0.29) is 12.4 Å². The number of nitrogen functional groups attached to an aromatic ring is 1. The van der Waals surface area contributed by atoms with E-state index in [0.717, 1.165) is 16.8 Å². The lowest BCUT2D eigenvalue weighted by atomic mass is 10.1. The summed E-state index contributed by atoms with van der Waals surface area (Å²) in [6.07, 6.45) is 0.269. The van der Waals surface area contributed by atoms with Crippen LogP contribution in [0.2, 0.25) is 0 Å². The van der Waals surface area contributed by atoms with E-state index >= 15 is 0 Å². The van der Waals surface area contributed by atoms with Gasteiger partial charge in [-0.05, 0) is 24.1 Å². The lowest BCUT2D eigenvalue weighted by molar-refractivity contribution is -0.139. The third-order valence-corrected chi connectivity index (χ3v) is 2.03. The number of nitrogens with one attached hydrogen (secondary N) is 1. The zero-order chi connectivity index (χ0) is 10.6. The maximum Gasteiger partial charge on any atom is 0.309 e. The number of rotatable bonds is 3. The number of nitrogens with two attached hydrogens (primary N) is 1. The zero-order valence-electron chi connectivity index (χ0n) is 8.33. The van der Waals surface area contributed by atoms with Crippen LogP contribution in [0.5, 0.6) is 0 Å². The molecule has 1 aromatic carbocycles. The maximum absolute atomic E-state index is 11.0. The minimum atomic E-state index is -0.253. The van der Waals surface area contributed by atoms with E-state index in [2.05, 4.69) is 10.2 Å². The fraction of sp³-hybridized carbons (Fsp3) is 0.300. The lowest BCUT2D eigenvalue weighted by Crippen LogP contribution is -2.10. The van der Waals surface area contributed by atoms with Crippen LogP contribution in [0.1, 0.15) is 11.1 Å². The molecule has 14 heavy (non-hydrogen) atoms. The molecule has 0 heterocycles. The van der Waals surface area contributed by atoms with Crippen LogP contribution in [0.15, 0.2) is 18.2 Å². The maximum atomic E-state index is 11.0. The molecule has 0 bridgehead atoms. The van der Waals surface area contributed by atoms with Gasteiger partial charge < -0.3 is 10.2 Å². The second kappa shape index (κ2) is 4.62. The van der Waals surface area contributed by atoms with E-state index in [9.17, 15) is 4.79 Å². The standard InChI is InChI=1S/C10H14N2O2/c1-7-3-4-8(5-9(7)12-11)6-10(13)14-2/h3-5,12H,6,11H2,1-2H3. The molecular weight excluding hydrogens is 180 g/mol. The molecule has 0 spiro atoms. The van der Waals surface area contributed by atoms with Gasteiger partial charge in [-0.25, -0.2) is 0 Å². The van der Waals surface area contributed by atoms with Gasteiger partial charge in [-0.2, -0.15) is 0 Å². The summed E-state index contributed by atoms with van der Waals surface area (Å²) in [6.45, 7) is 1.94. The number of carbonyl (C=O) groups is 1. The molecule has 4 nitrogen and oxygen atoms in total. The Kier molecular flexibility index (Phi) is 3.48. The van der Waals surface area contributed by atoms with Gasteiger partial charge in [0.25, 0.3) is 0 Å². The highest BCUT2D eigenvalue weighted by Gasteiger charge is 2.04. The third kappa shape index (κ3) is 2.47. The Balaban J connectivity index is 2.84. The van der Waals surface area contributed by atoms with Crippen molar-refractivity contribution < 1.29 is 9.53 Å². The predicted molar refractivity (Wildman–Crippen MR) is 54.7 cm³/mol. The molecule has 0 unspecified atom stereocenters. The summed E-state index contributed by atoms with van der Waals surface area (Å²) < 4.78 is 4.57. The molecule has 0 aromatic heterocycles. The van der Waals surface area contributed by atoms with E-state index in [1.165, 1.54) is 7.11 Å². The van der Waals surface area contributed by atoms with E-state index in [1.807, 2.05) is 25.1 Å². The molecular formula is C10H14N2O2. The van der Waals surface area contributed by atoms with Crippen LogP contribution in [0.4, 0.5) is 5.69 Å². The Morgan fingerprint density at radius 3 is 2.86 bits per heavy atom. The number of anilines is 1. The fourth-order valence-corrected chi connectivity index (χ4v) is 1.17. The van der Waals surface area contributed by atoms with Crippen molar-refractivity contribution in [1.82, 2.24) is 0 Å². The van der Waals surface area contributed by atoms with Crippen LogP contribution < -0.4 is 11.3 Å². The first-order valence-electron chi connectivity index (χ1n) is 4.30. The number of hydrazine groups is 1. The van der Waals surface area contributed by atoms with Crippen LogP contribution in [-0.2, 0) is 16.0 Å². The van der Waals surface area contributed by atoms with Gasteiger partial charge >= 0.3 is 5.97 Å². The van der Waals surface area contributed by atoms with Crippen LogP contribution in [-0.4, -0.2) is 13.1 Å². The minimum absolute atomic E-state index is 0.253. The van der Waals surface area contributed by atoms with E-state index in [1.54, 1.807) is 0 Å². The Morgan fingerprint density at radius 2 is 2.29 bits per heavy atom. The summed E-state index contributed by atoms with van der Waals surface area (Å²) in [5.74, 6) is 5.06. The number of methoxy groups -OCH3 is 1. The van der Waals surface area contributed by atoms with Crippen molar-refractivity contribution in [3.05, 3.63) is 29.3 Å². The molecule has 0 fully saturated rings. The molecule has 4 heteroatoms. The van der Waals surface area contributed by atoms with Gasteiger partial charge in [0.1, 0.15) is 0 Å². The number of ether oxygens (including phenoxy) is 1. The Labute approximate surface area is 83.0 Å². The third-order valence-electron chi connectivity index (χ3n) is 2.03. The summed E-state index contributed by atoms with van der Waals surface area (Å²) in [6, 6.07) is 5.63. The molecule has 3 N–H and O–H groups in total. The first kappa shape index (κ1) is 10.5. The van der Waals surface area contributed by atoms with Gasteiger partial charge in [0.2, 0.25) is 0 Å². The van der Waals surface area contributed by atoms with E-state index in [4.69, 9.17) is 5.84 Å². The second-order valence-corrected chi connectivity index (χ2v) is 3.05. The van der Waals surface area contributed by atoms with Gasteiger partial charge in [-0.3, -0.25) is 10.6 Å². The molecule has 0 saturated heterocycles. The van der Waals surface area contributed by atoms with Crippen molar-refractivity contribution in [3.8, 4) is 0 Å². The van der Waals surface area contributed by atoms with Crippen LogP contribution in [0.3, 0.4) is 0 Å². The van der Waals surface area contributed by atoms with Crippen LogP contribution in [0.25, 0.3) is 0 Å². The van der Waals surface area contributed by atoms with E-state index in [0.29, 0.717) is 0 Å². The smallest absolute Gasteiger partial charge is 0.309 e. The van der Waals surface area contributed by atoms with Crippen molar-refractivity contribution in [2.75, 3.05) is 12.5 Å². The molecule has 0 amide bonds. The normalized spacial score (nSPS) is 9.64. The van der Waals surface area contributed by atoms with Gasteiger partial charge in [-0.15, -0.1) is 0 Å². The SMILES string of the molecule is COC(=O)Cc1ccc(C)c(NN)c1. The fourth-order valence-electron chi connectivity index (χ4n) is 1.17. The predicted octanol–water partition coefficient (Wildman–Crippen LogP) is 0.996. The quantitative estimate of drug-likeness (QED) is 0.428.